The Bertz CT molecular complexity index is 960. The number of carbonyl (C=O) groups excluding carboxylic acids is 1. The van der Waals surface area contributed by atoms with Crippen LogP contribution in [0.25, 0.3) is 11.3 Å². The summed E-state index contributed by atoms with van der Waals surface area (Å²) in [5, 5.41) is 0. The molecule has 0 amide bonds. The summed E-state index contributed by atoms with van der Waals surface area (Å²) in [6.45, 7) is 3.62. The fraction of sp³-hybridized carbons (Fsp3) is 0.150. The van der Waals surface area contributed by atoms with Gasteiger partial charge in [-0.2, -0.15) is 9.97 Å². The highest BCUT2D eigenvalue weighted by molar-refractivity contribution is 9.10. The zero-order valence-electron chi connectivity index (χ0n) is 14.7. The van der Waals surface area contributed by atoms with Crippen LogP contribution in [-0.2, 0) is 4.74 Å². The number of aromatic nitrogens is 2. The first-order chi connectivity index (χ1) is 13.0. The summed E-state index contributed by atoms with van der Waals surface area (Å²) >= 11 is 3.36. The molecule has 0 radical (unpaired) electrons. The van der Waals surface area contributed by atoms with Gasteiger partial charge in [0, 0.05) is 10.0 Å². The highest BCUT2D eigenvalue weighted by Gasteiger charge is 2.22. The molecule has 0 spiro atoms. The van der Waals surface area contributed by atoms with Crippen LogP contribution in [0.1, 0.15) is 23.0 Å². The summed E-state index contributed by atoms with van der Waals surface area (Å²) in [6.07, 6.45) is 0. The second-order valence-corrected chi connectivity index (χ2v) is 6.51. The fourth-order valence-corrected chi connectivity index (χ4v) is 2.73. The lowest BCUT2D eigenvalue weighted by Crippen LogP contribution is -2.12. The molecule has 138 valence electrons. The average molecular weight is 431 g/mol. The van der Waals surface area contributed by atoms with Gasteiger partial charge in [0.05, 0.1) is 18.0 Å². The normalized spacial score (nSPS) is 10.5. The van der Waals surface area contributed by atoms with Crippen LogP contribution in [0.2, 0.25) is 0 Å². The molecule has 3 rings (SSSR count). The Labute approximate surface area is 164 Å². The van der Waals surface area contributed by atoms with Crippen molar-refractivity contribution in [1.82, 2.24) is 9.97 Å². The van der Waals surface area contributed by atoms with Crippen molar-refractivity contribution < 1.29 is 18.7 Å². The minimum absolute atomic E-state index is 0.0854. The molecule has 27 heavy (non-hydrogen) atoms. The summed E-state index contributed by atoms with van der Waals surface area (Å²) in [5.74, 6) is -0.371. The van der Waals surface area contributed by atoms with E-state index in [9.17, 15) is 9.18 Å². The second kappa shape index (κ2) is 8.26. The Balaban J connectivity index is 2.08. The molecule has 7 heteroatoms. The van der Waals surface area contributed by atoms with E-state index in [4.69, 9.17) is 9.47 Å². The molecule has 0 atom stereocenters. The Morgan fingerprint density at radius 3 is 2.37 bits per heavy atom. The summed E-state index contributed by atoms with van der Waals surface area (Å²) in [5.41, 5.74) is 1.53. The largest absolute Gasteiger partial charge is 0.462 e. The number of hydrogen-bond acceptors (Lipinski definition) is 5. The Morgan fingerprint density at radius 2 is 1.74 bits per heavy atom. The van der Waals surface area contributed by atoms with Gasteiger partial charge in [0.2, 0.25) is 0 Å². The van der Waals surface area contributed by atoms with Crippen LogP contribution >= 0.6 is 15.9 Å². The van der Waals surface area contributed by atoms with E-state index in [2.05, 4.69) is 25.9 Å². The first kappa shape index (κ1) is 19.0. The highest BCUT2D eigenvalue weighted by atomic mass is 79.9. The third kappa shape index (κ3) is 4.49. The summed E-state index contributed by atoms with van der Waals surface area (Å²) < 4.78 is 25.1. The molecule has 0 fully saturated rings. The van der Waals surface area contributed by atoms with Crippen molar-refractivity contribution in [2.75, 3.05) is 6.61 Å². The van der Waals surface area contributed by atoms with Crippen molar-refractivity contribution in [3.05, 3.63) is 70.1 Å². The maximum atomic E-state index is 13.3. The monoisotopic (exact) mass is 430 g/mol. The zero-order valence-corrected chi connectivity index (χ0v) is 16.3. The number of halogens is 2. The summed E-state index contributed by atoms with van der Waals surface area (Å²) in [6, 6.07) is 13.0. The van der Waals surface area contributed by atoms with Gasteiger partial charge in [-0.15, -0.1) is 0 Å². The summed E-state index contributed by atoms with van der Waals surface area (Å²) in [4.78, 5) is 21.1. The van der Waals surface area contributed by atoms with Crippen LogP contribution in [-0.4, -0.2) is 22.5 Å². The van der Waals surface area contributed by atoms with Gasteiger partial charge in [-0.05, 0) is 62.4 Å². The van der Waals surface area contributed by atoms with E-state index in [0.29, 0.717) is 22.7 Å². The number of rotatable bonds is 5. The molecule has 5 nitrogen and oxygen atoms in total. The van der Waals surface area contributed by atoms with Crippen LogP contribution < -0.4 is 4.74 Å². The lowest BCUT2D eigenvalue weighted by molar-refractivity contribution is 0.0525. The predicted octanol–water partition coefficient (Wildman–Crippen LogP) is 5.32. The average Bonchev–Trinajstić information content (AvgIpc) is 2.64. The van der Waals surface area contributed by atoms with E-state index in [0.717, 1.165) is 4.47 Å². The standard InChI is InChI=1S/C20H16BrFN2O3/c1-3-26-19(25)17-12(2)23-20(27-16-10-6-14(21)7-11-16)24-18(17)13-4-8-15(22)9-5-13/h4-11H,3H2,1-2H3. The smallest absolute Gasteiger partial charge is 0.342 e. The van der Waals surface area contributed by atoms with Crippen LogP contribution in [0.4, 0.5) is 4.39 Å². The van der Waals surface area contributed by atoms with Crippen molar-refractivity contribution in [3.8, 4) is 23.0 Å². The number of aryl methyl sites for hydroxylation is 1. The lowest BCUT2D eigenvalue weighted by Gasteiger charge is -2.13. The number of esters is 1. The Hall–Kier alpha value is -2.80. The van der Waals surface area contributed by atoms with E-state index in [1.165, 1.54) is 12.1 Å². The first-order valence-corrected chi connectivity index (χ1v) is 9.02. The molecule has 3 aromatic rings. The van der Waals surface area contributed by atoms with Gasteiger partial charge in [0.15, 0.2) is 0 Å². The molecular weight excluding hydrogens is 415 g/mol. The second-order valence-electron chi connectivity index (χ2n) is 5.60. The van der Waals surface area contributed by atoms with Crippen LogP contribution in [0, 0.1) is 12.7 Å². The van der Waals surface area contributed by atoms with Crippen molar-refractivity contribution in [2.24, 2.45) is 0 Å². The van der Waals surface area contributed by atoms with E-state index in [-0.39, 0.29) is 24.0 Å². The van der Waals surface area contributed by atoms with Crippen molar-refractivity contribution in [2.45, 2.75) is 13.8 Å². The van der Waals surface area contributed by atoms with E-state index < -0.39 is 5.97 Å². The number of ether oxygens (including phenoxy) is 2. The minimum atomic E-state index is -0.537. The van der Waals surface area contributed by atoms with Gasteiger partial charge in [0.25, 0.3) is 0 Å². The fourth-order valence-electron chi connectivity index (χ4n) is 2.47. The topological polar surface area (TPSA) is 61.3 Å². The zero-order chi connectivity index (χ0) is 19.4. The van der Waals surface area contributed by atoms with Gasteiger partial charge < -0.3 is 9.47 Å². The molecule has 0 saturated carbocycles. The molecule has 0 saturated heterocycles. The molecular formula is C20H16BrFN2O3. The maximum Gasteiger partial charge on any atom is 0.342 e. The van der Waals surface area contributed by atoms with E-state index in [1.807, 2.05) is 12.1 Å². The minimum Gasteiger partial charge on any atom is -0.462 e. The lowest BCUT2D eigenvalue weighted by atomic mass is 10.0. The molecule has 0 N–H and O–H groups in total. The van der Waals surface area contributed by atoms with Crippen molar-refractivity contribution >= 4 is 21.9 Å². The Kier molecular flexibility index (Phi) is 5.81. The first-order valence-electron chi connectivity index (χ1n) is 8.23. The molecule has 0 bridgehead atoms. The Morgan fingerprint density at radius 1 is 1.07 bits per heavy atom. The quantitative estimate of drug-likeness (QED) is 0.512. The summed E-state index contributed by atoms with van der Waals surface area (Å²) in [7, 11) is 0. The van der Waals surface area contributed by atoms with Gasteiger partial charge in [-0.3, -0.25) is 0 Å². The van der Waals surface area contributed by atoms with E-state index >= 15 is 0 Å². The third-order valence-corrected chi connectivity index (χ3v) is 4.22. The molecule has 2 aromatic carbocycles. The predicted molar refractivity (Wildman–Crippen MR) is 102 cm³/mol. The van der Waals surface area contributed by atoms with Crippen molar-refractivity contribution in [3.63, 3.8) is 0 Å². The van der Waals surface area contributed by atoms with Crippen LogP contribution in [0.15, 0.2) is 53.0 Å². The van der Waals surface area contributed by atoms with Crippen LogP contribution in [0.5, 0.6) is 11.8 Å². The molecule has 1 heterocycles. The number of carbonyl (C=O) groups is 1. The van der Waals surface area contributed by atoms with Gasteiger partial charge in [-0.25, -0.2) is 9.18 Å². The molecule has 0 aliphatic rings. The SMILES string of the molecule is CCOC(=O)c1c(C)nc(Oc2ccc(Br)cc2)nc1-c1ccc(F)cc1. The number of hydrogen-bond donors (Lipinski definition) is 0. The van der Waals surface area contributed by atoms with Gasteiger partial charge in [-0.1, -0.05) is 15.9 Å². The van der Waals surface area contributed by atoms with Gasteiger partial charge in [0.1, 0.15) is 17.1 Å². The molecule has 0 aliphatic carbocycles. The highest BCUT2D eigenvalue weighted by Crippen LogP contribution is 2.29. The van der Waals surface area contributed by atoms with Crippen molar-refractivity contribution in [1.29, 1.82) is 0 Å². The van der Waals surface area contributed by atoms with E-state index in [1.54, 1.807) is 38.1 Å². The van der Waals surface area contributed by atoms with Gasteiger partial charge >= 0.3 is 12.0 Å². The third-order valence-electron chi connectivity index (χ3n) is 3.69. The number of nitrogens with zero attached hydrogens (tertiary/aromatic N) is 2. The molecule has 0 aliphatic heterocycles. The maximum absolute atomic E-state index is 13.3. The molecule has 1 aromatic heterocycles. The van der Waals surface area contributed by atoms with Crippen LogP contribution in [0.3, 0.4) is 0 Å². The number of benzene rings is 2. The molecule has 0 unspecified atom stereocenters.